The third-order valence-electron chi connectivity index (χ3n) is 4.38. The maximum Gasteiger partial charge on any atom is 0.277 e. The fourth-order valence-electron chi connectivity index (χ4n) is 3.00. The molecule has 0 saturated carbocycles. The Balaban J connectivity index is 1.37. The lowest BCUT2D eigenvalue weighted by atomic mass is 10.2. The summed E-state index contributed by atoms with van der Waals surface area (Å²) in [5, 5.41) is 17.6. The predicted molar refractivity (Wildman–Crippen MR) is 102 cm³/mol. The lowest BCUT2D eigenvalue weighted by Crippen LogP contribution is -2.17. The van der Waals surface area contributed by atoms with Crippen molar-refractivity contribution >= 4 is 28.9 Å². The van der Waals surface area contributed by atoms with Crippen LogP contribution in [0.3, 0.4) is 0 Å². The number of carbonyl (C=O) groups is 1. The van der Waals surface area contributed by atoms with Gasteiger partial charge in [-0.2, -0.15) is 0 Å². The van der Waals surface area contributed by atoms with E-state index in [4.69, 9.17) is 4.52 Å². The number of benzene rings is 1. The molecule has 1 aliphatic heterocycles. The molecule has 1 amide bonds. The van der Waals surface area contributed by atoms with Crippen LogP contribution in [0.1, 0.15) is 29.1 Å². The quantitative estimate of drug-likeness (QED) is 0.716. The zero-order chi connectivity index (χ0) is 18.6. The predicted octanol–water partition coefficient (Wildman–Crippen LogP) is 3.37. The third kappa shape index (κ3) is 4.05. The van der Waals surface area contributed by atoms with Gasteiger partial charge >= 0.3 is 0 Å². The smallest absolute Gasteiger partial charge is 0.277 e. The summed E-state index contributed by atoms with van der Waals surface area (Å²) in [5.74, 6) is 1.14. The first-order valence-electron chi connectivity index (χ1n) is 8.88. The molecular formula is C19H20N6O2. The summed E-state index contributed by atoms with van der Waals surface area (Å²) in [7, 11) is 0. The van der Waals surface area contributed by atoms with Crippen molar-refractivity contribution in [2.45, 2.75) is 19.8 Å². The molecule has 0 aliphatic carbocycles. The Morgan fingerprint density at radius 3 is 2.44 bits per heavy atom. The van der Waals surface area contributed by atoms with Crippen molar-refractivity contribution in [1.82, 2.24) is 15.4 Å². The molecule has 1 aliphatic rings. The number of carbonyl (C=O) groups excluding carboxylic acids is 1. The molecule has 0 spiro atoms. The Bertz CT molecular complexity index is 914. The van der Waals surface area contributed by atoms with Crippen molar-refractivity contribution in [2.75, 3.05) is 28.6 Å². The molecule has 1 fully saturated rings. The van der Waals surface area contributed by atoms with E-state index in [1.54, 1.807) is 25.1 Å². The molecule has 8 nitrogen and oxygen atoms in total. The normalized spacial score (nSPS) is 13.6. The van der Waals surface area contributed by atoms with Crippen molar-refractivity contribution in [3.63, 3.8) is 0 Å². The summed E-state index contributed by atoms with van der Waals surface area (Å²) in [6.45, 7) is 3.99. The van der Waals surface area contributed by atoms with Crippen LogP contribution >= 0.6 is 0 Å². The van der Waals surface area contributed by atoms with Crippen molar-refractivity contribution in [3.8, 4) is 0 Å². The minimum absolute atomic E-state index is 0.200. The fraction of sp³-hybridized carbons (Fsp3) is 0.263. The minimum Gasteiger partial charge on any atom is -0.372 e. The average Bonchev–Trinajstić information content (AvgIpc) is 3.35. The molecule has 0 unspecified atom stereocenters. The van der Waals surface area contributed by atoms with Gasteiger partial charge in [0.1, 0.15) is 5.76 Å². The molecule has 0 radical (unpaired) electrons. The van der Waals surface area contributed by atoms with Crippen LogP contribution in [0.15, 0.2) is 47.0 Å². The van der Waals surface area contributed by atoms with E-state index in [0.717, 1.165) is 18.8 Å². The Labute approximate surface area is 156 Å². The van der Waals surface area contributed by atoms with Gasteiger partial charge in [-0.05, 0) is 56.2 Å². The fourth-order valence-corrected chi connectivity index (χ4v) is 3.00. The number of amides is 1. The van der Waals surface area contributed by atoms with Gasteiger partial charge in [-0.25, -0.2) is 0 Å². The number of hydrogen-bond acceptors (Lipinski definition) is 7. The second-order valence-corrected chi connectivity index (χ2v) is 6.45. The van der Waals surface area contributed by atoms with Crippen LogP contribution in [0.4, 0.5) is 23.0 Å². The lowest BCUT2D eigenvalue weighted by molar-refractivity contribution is 0.102. The standard InChI is InChI=1S/C19H20N6O2/c1-13-12-18(24-27-13)21-19(26)16-8-9-17(23-22-16)20-14-4-6-15(7-5-14)25-10-2-3-11-25/h4-9,12H,2-3,10-11H2,1H3,(H,20,23)(H,21,24,26). The first-order valence-corrected chi connectivity index (χ1v) is 8.88. The number of hydrogen-bond donors (Lipinski definition) is 2. The van der Waals surface area contributed by atoms with Crippen LogP contribution in [0.2, 0.25) is 0 Å². The van der Waals surface area contributed by atoms with E-state index in [1.807, 2.05) is 12.1 Å². The molecule has 3 aromatic rings. The van der Waals surface area contributed by atoms with Gasteiger partial charge in [-0.3, -0.25) is 4.79 Å². The molecule has 1 saturated heterocycles. The second kappa shape index (κ2) is 7.45. The van der Waals surface area contributed by atoms with Gasteiger partial charge in [0, 0.05) is 30.5 Å². The summed E-state index contributed by atoms with van der Waals surface area (Å²) in [4.78, 5) is 14.5. The van der Waals surface area contributed by atoms with E-state index in [1.165, 1.54) is 18.5 Å². The van der Waals surface area contributed by atoms with E-state index in [9.17, 15) is 4.79 Å². The Morgan fingerprint density at radius 2 is 1.81 bits per heavy atom. The van der Waals surface area contributed by atoms with Crippen molar-refractivity contribution in [3.05, 3.63) is 53.9 Å². The largest absolute Gasteiger partial charge is 0.372 e. The first-order chi connectivity index (χ1) is 13.2. The third-order valence-corrected chi connectivity index (χ3v) is 4.38. The number of aromatic nitrogens is 3. The van der Waals surface area contributed by atoms with Crippen LogP contribution in [0, 0.1) is 6.92 Å². The maximum atomic E-state index is 12.1. The topological polar surface area (TPSA) is 96.2 Å². The molecule has 138 valence electrons. The Morgan fingerprint density at radius 1 is 1.04 bits per heavy atom. The van der Waals surface area contributed by atoms with Gasteiger partial charge in [0.25, 0.3) is 5.91 Å². The Hall–Kier alpha value is -3.42. The minimum atomic E-state index is -0.391. The molecule has 0 atom stereocenters. The van der Waals surface area contributed by atoms with Gasteiger partial charge in [-0.1, -0.05) is 5.16 Å². The molecule has 2 aromatic heterocycles. The molecule has 8 heteroatoms. The van der Waals surface area contributed by atoms with Gasteiger partial charge in [-0.15, -0.1) is 10.2 Å². The number of rotatable bonds is 5. The number of nitrogens with one attached hydrogen (secondary N) is 2. The van der Waals surface area contributed by atoms with Crippen LogP contribution in [-0.2, 0) is 0 Å². The highest BCUT2D eigenvalue weighted by atomic mass is 16.5. The molecule has 3 heterocycles. The van der Waals surface area contributed by atoms with Crippen molar-refractivity contribution < 1.29 is 9.32 Å². The first kappa shape index (κ1) is 17.0. The van der Waals surface area contributed by atoms with Gasteiger partial charge < -0.3 is 20.1 Å². The summed E-state index contributed by atoms with van der Waals surface area (Å²) in [5.41, 5.74) is 2.35. The zero-order valence-corrected chi connectivity index (χ0v) is 15.0. The van der Waals surface area contributed by atoms with Gasteiger partial charge in [0.05, 0.1) is 0 Å². The zero-order valence-electron chi connectivity index (χ0n) is 15.0. The highest BCUT2D eigenvalue weighted by Crippen LogP contribution is 2.23. The number of anilines is 4. The van der Waals surface area contributed by atoms with Crippen LogP contribution in [0.25, 0.3) is 0 Å². The summed E-state index contributed by atoms with van der Waals surface area (Å²) in [6.07, 6.45) is 2.51. The van der Waals surface area contributed by atoms with E-state index in [2.05, 4.69) is 43.0 Å². The molecular weight excluding hydrogens is 344 g/mol. The molecule has 27 heavy (non-hydrogen) atoms. The average molecular weight is 364 g/mol. The van der Waals surface area contributed by atoms with Crippen molar-refractivity contribution in [1.29, 1.82) is 0 Å². The SMILES string of the molecule is Cc1cc(NC(=O)c2ccc(Nc3ccc(N4CCCC4)cc3)nn2)no1. The molecule has 4 rings (SSSR count). The van der Waals surface area contributed by atoms with E-state index >= 15 is 0 Å². The monoisotopic (exact) mass is 364 g/mol. The molecule has 1 aromatic carbocycles. The molecule has 2 N–H and O–H groups in total. The summed E-state index contributed by atoms with van der Waals surface area (Å²) in [6, 6.07) is 13.2. The van der Waals surface area contributed by atoms with E-state index in [-0.39, 0.29) is 5.69 Å². The summed E-state index contributed by atoms with van der Waals surface area (Å²) >= 11 is 0. The highest BCUT2D eigenvalue weighted by molar-refractivity contribution is 6.02. The molecule has 0 bridgehead atoms. The van der Waals surface area contributed by atoms with Crippen LogP contribution < -0.4 is 15.5 Å². The van der Waals surface area contributed by atoms with E-state index in [0.29, 0.717) is 17.4 Å². The van der Waals surface area contributed by atoms with Gasteiger partial charge in [0.2, 0.25) is 0 Å². The highest BCUT2D eigenvalue weighted by Gasteiger charge is 2.13. The second-order valence-electron chi connectivity index (χ2n) is 6.45. The van der Waals surface area contributed by atoms with Gasteiger partial charge in [0.15, 0.2) is 17.3 Å². The lowest BCUT2D eigenvalue weighted by Gasteiger charge is -2.17. The maximum absolute atomic E-state index is 12.1. The van der Waals surface area contributed by atoms with E-state index < -0.39 is 5.91 Å². The Kier molecular flexibility index (Phi) is 4.69. The number of aryl methyl sites for hydroxylation is 1. The van der Waals surface area contributed by atoms with Crippen LogP contribution in [-0.4, -0.2) is 34.4 Å². The summed E-state index contributed by atoms with van der Waals surface area (Å²) < 4.78 is 4.91. The van der Waals surface area contributed by atoms with Crippen LogP contribution in [0.5, 0.6) is 0 Å². The number of nitrogens with zero attached hydrogens (tertiary/aromatic N) is 4. The van der Waals surface area contributed by atoms with Crippen molar-refractivity contribution in [2.24, 2.45) is 0 Å².